The highest BCUT2D eigenvalue weighted by Gasteiger charge is 2.27. The third kappa shape index (κ3) is 4.79. The smallest absolute Gasteiger partial charge is 0.227 e. The van der Waals surface area contributed by atoms with Gasteiger partial charge in [-0.05, 0) is 35.4 Å². The molecule has 5 nitrogen and oxygen atoms in total. The van der Waals surface area contributed by atoms with Gasteiger partial charge in [0.25, 0.3) is 0 Å². The number of methoxy groups -OCH3 is 1. The highest BCUT2D eigenvalue weighted by molar-refractivity contribution is 6.30. The van der Waals surface area contributed by atoms with Gasteiger partial charge in [0.1, 0.15) is 11.8 Å². The lowest BCUT2D eigenvalue weighted by Gasteiger charge is -2.37. The van der Waals surface area contributed by atoms with Gasteiger partial charge < -0.3 is 9.64 Å². The molecule has 0 N–H and O–H groups in total. The van der Waals surface area contributed by atoms with Crippen LogP contribution >= 0.6 is 11.6 Å². The number of ether oxygens (including phenoxy) is 1. The SMILES string of the molecule is COc1ccc(CC(=O)N2CCN(C(C#N)c3cccc(Cl)c3)CC2)cc1. The van der Waals surface area contributed by atoms with Crippen molar-refractivity contribution in [3.63, 3.8) is 0 Å². The number of nitrogens with zero attached hydrogens (tertiary/aromatic N) is 3. The number of nitriles is 1. The maximum atomic E-state index is 12.6. The van der Waals surface area contributed by atoms with Crippen molar-refractivity contribution >= 4 is 17.5 Å². The van der Waals surface area contributed by atoms with Crippen molar-refractivity contribution in [3.05, 3.63) is 64.7 Å². The Balaban J connectivity index is 1.57. The number of hydrogen-bond acceptors (Lipinski definition) is 4. The molecular weight excluding hydrogens is 362 g/mol. The molecule has 6 heteroatoms. The number of benzene rings is 2. The van der Waals surface area contributed by atoms with Crippen LogP contribution in [0.15, 0.2) is 48.5 Å². The van der Waals surface area contributed by atoms with Crippen LogP contribution in [-0.4, -0.2) is 49.0 Å². The summed E-state index contributed by atoms with van der Waals surface area (Å²) in [6, 6.07) is 17.0. The zero-order valence-corrected chi connectivity index (χ0v) is 16.0. The molecule has 1 unspecified atom stereocenters. The van der Waals surface area contributed by atoms with Crippen molar-refractivity contribution in [2.75, 3.05) is 33.3 Å². The number of carbonyl (C=O) groups excluding carboxylic acids is 1. The molecule has 1 aliphatic heterocycles. The van der Waals surface area contributed by atoms with Crippen LogP contribution in [0, 0.1) is 11.3 Å². The molecule has 0 bridgehead atoms. The average Bonchev–Trinajstić information content (AvgIpc) is 2.70. The van der Waals surface area contributed by atoms with E-state index < -0.39 is 0 Å². The Kier molecular flexibility index (Phi) is 6.33. The van der Waals surface area contributed by atoms with E-state index in [1.54, 1.807) is 13.2 Å². The monoisotopic (exact) mass is 383 g/mol. The fraction of sp³-hybridized carbons (Fsp3) is 0.333. The predicted molar refractivity (Wildman–Crippen MR) is 105 cm³/mol. The van der Waals surface area contributed by atoms with Gasteiger partial charge in [-0.25, -0.2) is 0 Å². The summed E-state index contributed by atoms with van der Waals surface area (Å²) in [5, 5.41) is 10.2. The molecule has 140 valence electrons. The first-order valence-corrected chi connectivity index (χ1v) is 9.28. The van der Waals surface area contributed by atoms with E-state index in [1.807, 2.05) is 47.4 Å². The minimum absolute atomic E-state index is 0.107. The zero-order valence-electron chi connectivity index (χ0n) is 15.3. The van der Waals surface area contributed by atoms with E-state index >= 15 is 0 Å². The topological polar surface area (TPSA) is 56.6 Å². The number of amides is 1. The van der Waals surface area contributed by atoms with Gasteiger partial charge in [0.05, 0.1) is 19.6 Å². The lowest BCUT2D eigenvalue weighted by Crippen LogP contribution is -2.49. The summed E-state index contributed by atoms with van der Waals surface area (Å²) in [4.78, 5) is 16.5. The van der Waals surface area contributed by atoms with Crippen LogP contribution < -0.4 is 4.74 Å². The molecule has 1 aliphatic rings. The highest BCUT2D eigenvalue weighted by atomic mass is 35.5. The van der Waals surface area contributed by atoms with Gasteiger partial charge >= 0.3 is 0 Å². The first kappa shape index (κ1) is 19.2. The van der Waals surface area contributed by atoms with Crippen LogP contribution in [-0.2, 0) is 11.2 Å². The largest absolute Gasteiger partial charge is 0.497 e. The third-order valence-corrected chi connectivity index (χ3v) is 5.07. The van der Waals surface area contributed by atoms with Gasteiger partial charge in [0.15, 0.2) is 0 Å². The molecule has 1 saturated heterocycles. The Hall–Kier alpha value is -2.55. The quantitative estimate of drug-likeness (QED) is 0.794. The van der Waals surface area contributed by atoms with Crippen molar-refractivity contribution in [2.24, 2.45) is 0 Å². The predicted octanol–water partition coefficient (Wildman–Crippen LogP) is 3.30. The van der Waals surface area contributed by atoms with Gasteiger partial charge in [-0.2, -0.15) is 5.26 Å². The van der Waals surface area contributed by atoms with Crippen LogP contribution in [0.4, 0.5) is 0 Å². The van der Waals surface area contributed by atoms with E-state index in [9.17, 15) is 10.1 Å². The van der Waals surface area contributed by atoms with Crippen LogP contribution in [0.25, 0.3) is 0 Å². The first-order valence-electron chi connectivity index (χ1n) is 8.90. The molecule has 2 aromatic carbocycles. The Morgan fingerprint density at radius 2 is 1.89 bits per heavy atom. The van der Waals surface area contributed by atoms with E-state index in [4.69, 9.17) is 16.3 Å². The van der Waals surface area contributed by atoms with Gasteiger partial charge in [0, 0.05) is 31.2 Å². The molecule has 0 spiro atoms. The van der Waals surface area contributed by atoms with Crippen molar-refractivity contribution < 1.29 is 9.53 Å². The van der Waals surface area contributed by atoms with Crippen LogP contribution in [0.2, 0.25) is 5.02 Å². The standard InChI is InChI=1S/C21H22ClN3O2/c1-27-19-7-5-16(6-8-19)13-21(26)25-11-9-24(10-12-25)20(15-23)17-3-2-4-18(22)14-17/h2-8,14,20H,9-13H2,1H3. The van der Waals surface area contributed by atoms with Crippen LogP contribution in [0.1, 0.15) is 17.2 Å². The third-order valence-electron chi connectivity index (χ3n) is 4.83. The first-order chi connectivity index (χ1) is 13.1. The summed E-state index contributed by atoms with van der Waals surface area (Å²) >= 11 is 6.06. The van der Waals surface area contributed by atoms with Gasteiger partial charge in [-0.15, -0.1) is 0 Å². The Labute approximate surface area is 164 Å². The van der Waals surface area contributed by atoms with Gasteiger partial charge in [-0.1, -0.05) is 35.9 Å². The second-order valence-electron chi connectivity index (χ2n) is 6.53. The molecule has 1 amide bonds. The van der Waals surface area contributed by atoms with Crippen LogP contribution in [0.3, 0.4) is 0 Å². The Morgan fingerprint density at radius 3 is 2.48 bits per heavy atom. The van der Waals surface area contributed by atoms with Crippen molar-refractivity contribution in [2.45, 2.75) is 12.5 Å². The minimum Gasteiger partial charge on any atom is -0.497 e. The van der Waals surface area contributed by atoms with Crippen molar-refractivity contribution in [3.8, 4) is 11.8 Å². The van der Waals surface area contributed by atoms with E-state index in [-0.39, 0.29) is 11.9 Å². The maximum Gasteiger partial charge on any atom is 0.227 e. The Bertz CT molecular complexity index is 824. The lowest BCUT2D eigenvalue weighted by molar-refractivity contribution is -0.132. The van der Waals surface area contributed by atoms with Gasteiger partial charge in [0.2, 0.25) is 5.91 Å². The number of hydrogen-bond donors (Lipinski definition) is 0. The molecule has 1 heterocycles. The summed E-state index contributed by atoms with van der Waals surface area (Å²) in [7, 11) is 1.62. The average molecular weight is 384 g/mol. The second kappa shape index (κ2) is 8.90. The summed E-state index contributed by atoms with van der Waals surface area (Å²) in [5.74, 6) is 0.888. The highest BCUT2D eigenvalue weighted by Crippen LogP contribution is 2.24. The molecule has 0 aromatic heterocycles. The maximum absolute atomic E-state index is 12.6. The summed E-state index contributed by atoms with van der Waals surface area (Å²) in [5.41, 5.74) is 1.86. The molecule has 1 fully saturated rings. The van der Waals surface area contributed by atoms with Crippen molar-refractivity contribution in [1.29, 1.82) is 5.26 Å². The summed E-state index contributed by atoms with van der Waals surface area (Å²) in [6.45, 7) is 2.57. The molecule has 3 rings (SSSR count). The Morgan fingerprint density at radius 1 is 1.19 bits per heavy atom. The number of piperazine rings is 1. The van der Waals surface area contributed by atoms with E-state index in [1.165, 1.54) is 0 Å². The fourth-order valence-corrected chi connectivity index (χ4v) is 3.50. The molecule has 0 saturated carbocycles. The summed E-state index contributed by atoms with van der Waals surface area (Å²) < 4.78 is 5.14. The molecule has 0 radical (unpaired) electrons. The fourth-order valence-electron chi connectivity index (χ4n) is 3.30. The second-order valence-corrected chi connectivity index (χ2v) is 6.96. The number of carbonyl (C=O) groups is 1. The summed E-state index contributed by atoms with van der Waals surface area (Å²) in [6.07, 6.45) is 0.375. The molecular formula is C21H22ClN3O2. The lowest BCUT2D eigenvalue weighted by atomic mass is 10.1. The number of halogens is 1. The van der Waals surface area contributed by atoms with Crippen LogP contribution in [0.5, 0.6) is 5.75 Å². The van der Waals surface area contributed by atoms with E-state index in [0.717, 1.165) is 16.9 Å². The molecule has 0 aliphatic carbocycles. The van der Waals surface area contributed by atoms with Crippen molar-refractivity contribution in [1.82, 2.24) is 9.80 Å². The zero-order chi connectivity index (χ0) is 19.2. The minimum atomic E-state index is -0.345. The molecule has 27 heavy (non-hydrogen) atoms. The van der Waals surface area contributed by atoms with Gasteiger partial charge in [-0.3, -0.25) is 9.69 Å². The van der Waals surface area contributed by atoms with E-state index in [0.29, 0.717) is 37.6 Å². The normalized spacial score (nSPS) is 15.8. The number of rotatable bonds is 5. The molecule has 1 atom stereocenters. The van der Waals surface area contributed by atoms with E-state index in [2.05, 4.69) is 11.0 Å². The molecule has 2 aromatic rings.